The first-order valence-corrected chi connectivity index (χ1v) is 7.10. The Labute approximate surface area is 127 Å². The molecular weight excluding hydrogens is 292 g/mol. The molecule has 1 aromatic carbocycles. The molecule has 1 amide bonds. The Morgan fingerprint density at radius 1 is 1.52 bits per heavy atom. The Hall–Kier alpha value is -2.08. The molecular formula is C14H15ClN4O2. The second-order valence-electron chi connectivity index (χ2n) is 5.03. The van der Waals surface area contributed by atoms with Crippen LogP contribution < -0.4 is 10.1 Å². The van der Waals surface area contributed by atoms with Gasteiger partial charge in [0.15, 0.2) is 6.61 Å². The molecule has 110 valence electrons. The van der Waals surface area contributed by atoms with Crippen LogP contribution in [0.15, 0.2) is 24.5 Å². The van der Waals surface area contributed by atoms with E-state index in [1.54, 1.807) is 17.1 Å². The first-order chi connectivity index (χ1) is 10.1. The van der Waals surface area contributed by atoms with E-state index in [0.717, 1.165) is 24.1 Å². The van der Waals surface area contributed by atoms with E-state index in [1.165, 1.54) is 0 Å². The number of hydrogen-bond donors (Lipinski definition) is 1. The van der Waals surface area contributed by atoms with E-state index < -0.39 is 0 Å². The number of aromatic nitrogens is 3. The van der Waals surface area contributed by atoms with E-state index in [9.17, 15) is 4.79 Å². The molecule has 0 radical (unpaired) electrons. The van der Waals surface area contributed by atoms with Gasteiger partial charge in [0.2, 0.25) is 0 Å². The number of nitrogens with one attached hydrogen (secondary N) is 1. The van der Waals surface area contributed by atoms with Gasteiger partial charge in [0.25, 0.3) is 5.91 Å². The third-order valence-electron chi connectivity index (χ3n) is 3.15. The quantitative estimate of drug-likeness (QED) is 0.916. The summed E-state index contributed by atoms with van der Waals surface area (Å²) in [5.41, 5.74) is 1.84. The number of carbonyl (C=O) groups excluding carboxylic acids is 1. The molecule has 0 saturated heterocycles. The Kier molecular flexibility index (Phi) is 3.79. The molecule has 1 N–H and O–H groups in total. The average molecular weight is 307 g/mol. The number of benzene rings is 1. The molecule has 0 spiro atoms. The third-order valence-corrected chi connectivity index (χ3v) is 3.39. The first kappa shape index (κ1) is 13.9. The van der Waals surface area contributed by atoms with E-state index in [1.807, 2.05) is 19.1 Å². The number of ether oxygens (including phenoxy) is 1. The van der Waals surface area contributed by atoms with Crippen LogP contribution in [0.3, 0.4) is 0 Å². The molecule has 3 rings (SSSR count). The molecule has 1 aromatic heterocycles. The molecule has 1 heterocycles. The van der Waals surface area contributed by atoms with Crippen molar-refractivity contribution in [1.29, 1.82) is 0 Å². The molecule has 0 bridgehead atoms. The molecule has 2 aromatic rings. The van der Waals surface area contributed by atoms with Gasteiger partial charge in [-0.1, -0.05) is 11.6 Å². The number of rotatable bonds is 5. The monoisotopic (exact) mass is 306 g/mol. The van der Waals surface area contributed by atoms with Crippen LogP contribution in [0.1, 0.15) is 18.4 Å². The summed E-state index contributed by atoms with van der Waals surface area (Å²) in [5.74, 6) is -0.142. The van der Waals surface area contributed by atoms with Crippen LogP contribution in [-0.4, -0.2) is 33.3 Å². The van der Waals surface area contributed by atoms with Crippen molar-refractivity contribution < 1.29 is 9.53 Å². The summed E-state index contributed by atoms with van der Waals surface area (Å²) in [5, 5.41) is 7.71. The Morgan fingerprint density at radius 2 is 2.33 bits per heavy atom. The highest BCUT2D eigenvalue weighted by Gasteiger charge is 2.23. The number of aryl methyl sites for hydroxylation is 1. The fraction of sp³-hybridized carbons (Fsp3) is 0.357. The fourth-order valence-electron chi connectivity index (χ4n) is 1.93. The van der Waals surface area contributed by atoms with Gasteiger partial charge in [-0.2, -0.15) is 4.98 Å². The maximum Gasteiger partial charge on any atom is 0.336 e. The zero-order valence-corrected chi connectivity index (χ0v) is 12.3. The Bertz CT molecular complexity index is 667. The second kappa shape index (κ2) is 5.73. The van der Waals surface area contributed by atoms with E-state index in [4.69, 9.17) is 16.3 Å². The largest absolute Gasteiger partial charge is 0.452 e. The number of hydrogen-bond acceptors (Lipinski definition) is 4. The SMILES string of the molecule is Cc1cc(Cl)ccc1-n1cnc(OCC(=O)NC2CC2)n1. The average Bonchev–Trinajstić information content (AvgIpc) is 3.12. The van der Waals surface area contributed by atoms with Crippen molar-refractivity contribution >= 4 is 17.5 Å². The predicted molar refractivity (Wildman–Crippen MR) is 77.8 cm³/mol. The van der Waals surface area contributed by atoms with Crippen molar-refractivity contribution in [3.63, 3.8) is 0 Å². The van der Waals surface area contributed by atoms with Crippen LogP contribution in [-0.2, 0) is 4.79 Å². The summed E-state index contributed by atoms with van der Waals surface area (Å²) in [6, 6.07) is 5.99. The highest BCUT2D eigenvalue weighted by molar-refractivity contribution is 6.30. The molecule has 1 fully saturated rings. The van der Waals surface area contributed by atoms with Crippen molar-refractivity contribution in [3.8, 4) is 11.7 Å². The van der Waals surface area contributed by atoms with Crippen LogP contribution in [0.5, 0.6) is 6.01 Å². The van der Waals surface area contributed by atoms with Gasteiger partial charge in [-0.15, -0.1) is 5.10 Å². The summed E-state index contributed by atoms with van der Waals surface area (Å²) < 4.78 is 6.88. The van der Waals surface area contributed by atoms with Crippen LogP contribution in [0.2, 0.25) is 5.02 Å². The van der Waals surface area contributed by atoms with Gasteiger partial charge in [-0.05, 0) is 43.5 Å². The lowest BCUT2D eigenvalue weighted by Gasteiger charge is -2.05. The van der Waals surface area contributed by atoms with Gasteiger partial charge < -0.3 is 10.1 Å². The van der Waals surface area contributed by atoms with E-state index in [-0.39, 0.29) is 18.5 Å². The molecule has 6 nitrogen and oxygen atoms in total. The van der Waals surface area contributed by atoms with Crippen molar-refractivity contribution in [3.05, 3.63) is 35.1 Å². The smallest absolute Gasteiger partial charge is 0.336 e. The Morgan fingerprint density at radius 3 is 3.05 bits per heavy atom. The summed E-state index contributed by atoms with van der Waals surface area (Å²) in [6.45, 7) is 1.87. The number of amides is 1. The third kappa shape index (κ3) is 3.52. The molecule has 1 aliphatic carbocycles. The summed E-state index contributed by atoms with van der Waals surface area (Å²) in [6.07, 6.45) is 3.65. The maximum atomic E-state index is 11.5. The molecule has 1 aliphatic rings. The first-order valence-electron chi connectivity index (χ1n) is 6.72. The number of carbonyl (C=O) groups is 1. The van der Waals surface area contributed by atoms with Gasteiger partial charge in [0, 0.05) is 11.1 Å². The summed E-state index contributed by atoms with van der Waals surface area (Å²) in [7, 11) is 0. The molecule has 7 heteroatoms. The summed E-state index contributed by atoms with van der Waals surface area (Å²) in [4.78, 5) is 15.6. The molecule has 1 saturated carbocycles. The lowest BCUT2D eigenvalue weighted by molar-refractivity contribution is -0.123. The van der Waals surface area contributed by atoms with Crippen LogP contribution in [0.25, 0.3) is 5.69 Å². The van der Waals surface area contributed by atoms with Gasteiger partial charge in [-0.25, -0.2) is 4.68 Å². The van der Waals surface area contributed by atoms with Gasteiger partial charge in [-0.3, -0.25) is 4.79 Å². The number of halogens is 1. The lowest BCUT2D eigenvalue weighted by atomic mass is 10.2. The molecule has 0 atom stereocenters. The standard InChI is InChI=1S/C14H15ClN4O2/c1-9-6-10(15)2-5-12(9)19-8-16-14(18-19)21-7-13(20)17-11-3-4-11/h2,5-6,8,11H,3-4,7H2,1H3,(H,17,20). The maximum absolute atomic E-state index is 11.5. The second-order valence-corrected chi connectivity index (χ2v) is 5.47. The normalized spacial score (nSPS) is 14.0. The number of nitrogens with zero attached hydrogens (tertiary/aromatic N) is 3. The highest BCUT2D eigenvalue weighted by Crippen LogP contribution is 2.19. The van der Waals surface area contributed by atoms with Crippen molar-refractivity contribution in [1.82, 2.24) is 20.1 Å². The van der Waals surface area contributed by atoms with Gasteiger partial charge >= 0.3 is 6.01 Å². The van der Waals surface area contributed by atoms with Gasteiger partial charge in [0.1, 0.15) is 6.33 Å². The van der Waals surface area contributed by atoms with E-state index in [2.05, 4.69) is 15.4 Å². The van der Waals surface area contributed by atoms with Crippen molar-refractivity contribution in [2.24, 2.45) is 0 Å². The summed E-state index contributed by atoms with van der Waals surface area (Å²) >= 11 is 5.93. The van der Waals surface area contributed by atoms with E-state index >= 15 is 0 Å². The minimum Gasteiger partial charge on any atom is -0.452 e. The van der Waals surface area contributed by atoms with Crippen LogP contribution in [0, 0.1) is 6.92 Å². The highest BCUT2D eigenvalue weighted by atomic mass is 35.5. The molecule has 21 heavy (non-hydrogen) atoms. The molecule has 0 aliphatic heterocycles. The topological polar surface area (TPSA) is 69.0 Å². The Balaban J connectivity index is 1.63. The van der Waals surface area contributed by atoms with Gasteiger partial charge in [0.05, 0.1) is 5.69 Å². The minimum atomic E-state index is -0.142. The zero-order chi connectivity index (χ0) is 14.8. The lowest BCUT2D eigenvalue weighted by Crippen LogP contribution is -2.30. The van der Waals surface area contributed by atoms with E-state index in [0.29, 0.717) is 11.1 Å². The predicted octanol–water partition coefficient (Wildman–Crippen LogP) is 1.89. The molecule has 0 unspecified atom stereocenters. The van der Waals surface area contributed by atoms with Crippen LogP contribution in [0.4, 0.5) is 0 Å². The minimum absolute atomic E-state index is 0.0693. The van der Waals surface area contributed by atoms with Crippen molar-refractivity contribution in [2.45, 2.75) is 25.8 Å². The fourth-order valence-corrected chi connectivity index (χ4v) is 2.16. The zero-order valence-electron chi connectivity index (χ0n) is 11.5. The van der Waals surface area contributed by atoms with Crippen molar-refractivity contribution in [2.75, 3.05) is 6.61 Å². The van der Waals surface area contributed by atoms with Crippen LogP contribution >= 0.6 is 11.6 Å².